The summed E-state index contributed by atoms with van der Waals surface area (Å²) >= 11 is 0. The van der Waals surface area contributed by atoms with E-state index in [0.29, 0.717) is 43.9 Å². The molecule has 1 aromatic heterocycles. The molecule has 6 heteroatoms. The summed E-state index contributed by atoms with van der Waals surface area (Å²) in [6.45, 7) is 1.71. The zero-order valence-corrected chi connectivity index (χ0v) is 9.67. The fraction of sp³-hybridized carbons (Fsp3) is 0.818. The van der Waals surface area contributed by atoms with Crippen LogP contribution in [-0.4, -0.2) is 36.0 Å². The lowest BCUT2D eigenvalue weighted by atomic mass is 10.1. The summed E-state index contributed by atoms with van der Waals surface area (Å²) in [6.07, 6.45) is 2.91. The summed E-state index contributed by atoms with van der Waals surface area (Å²) < 4.78 is 16.0. The van der Waals surface area contributed by atoms with Crippen LogP contribution in [0.25, 0.3) is 0 Å². The molecule has 2 fully saturated rings. The number of nitrogens with two attached hydrogens (primary N) is 1. The average Bonchev–Trinajstić information content (AvgIpc) is 3.12. The Kier molecular flexibility index (Phi) is 3.09. The first-order valence-corrected chi connectivity index (χ1v) is 6.10. The molecule has 0 radical (unpaired) electrons. The van der Waals surface area contributed by atoms with E-state index >= 15 is 0 Å². The molecule has 0 spiro atoms. The molecule has 0 bridgehead atoms. The number of hydrogen-bond donors (Lipinski definition) is 1. The molecule has 2 atom stereocenters. The van der Waals surface area contributed by atoms with Gasteiger partial charge in [-0.25, -0.2) is 0 Å². The second kappa shape index (κ2) is 4.72. The van der Waals surface area contributed by atoms with Gasteiger partial charge in [0.15, 0.2) is 0 Å². The van der Waals surface area contributed by atoms with Crippen molar-refractivity contribution in [2.24, 2.45) is 11.7 Å². The quantitative estimate of drug-likeness (QED) is 0.820. The van der Waals surface area contributed by atoms with E-state index in [9.17, 15) is 0 Å². The van der Waals surface area contributed by atoms with Crippen LogP contribution in [0.5, 0.6) is 0 Å². The van der Waals surface area contributed by atoms with Gasteiger partial charge in [-0.05, 0) is 18.8 Å². The van der Waals surface area contributed by atoms with Gasteiger partial charge in [-0.3, -0.25) is 0 Å². The van der Waals surface area contributed by atoms with Crippen LogP contribution in [0.2, 0.25) is 0 Å². The molecule has 2 unspecified atom stereocenters. The van der Waals surface area contributed by atoms with Crippen LogP contribution >= 0.6 is 0 Å². The molecule has 2 N–H and O–H groups in total. The van der Waals surface area contributed by atoms with Crippen molar-refractivity contribution in [2.75, 3.05) is 19.8 Å². The molecule has 1 aliphatic carbocycles. The van der Waals surface area contributed by atoms with Gasteiger partial charge in [-0.2, -0.15) is 4.98 Å². The predicted octanol–water partition coefficient (Wildman–Crippen LogP) is 0.437. The lowest BCUT2D eigenvalue weighted by molar-refractivity contribution is -0.0941. The van der Waals surface area contributed by atoms with Gasteiger partial charge in [-0.15, -0.1) is 0 Å². The monoisotopic (exact) mass is 239 g/mol. The lowest BCUT2D eigenvalue weighted by Crippen LogP contribution is -2.25. The van der Waals surface area contributed by atoms with Gasteiger partial charge in [0.1, 0.15) is 6.10 Å². The van der Waals surface area contributed by atoms with Crippen molar-refractivity contribution in [3.8, 4) is 0 Å². The third-order valence-electron chi connectivity index (χ3n) is 3.23. The number of rotatable bonds is 4. The predicted molar refractivity (Wildman–Crippen MR) is 58.2 cm³/mol. The van der Waals surface area contributed by atoms with Crippen molar-refractivity contribution in [1.29, 1.82) is 0 Å². The van der Waals surface area contributed by atoms with Crippen molar-refractivity contribution in [1.82, 2.24) is 10.1 Å². The Hall–Kier alpha value is -0.980. The van der Waals surface area contributed by atoms with Crippen LogP contribution in [0, 0.1) is 5.92 Å². The molecule has 94 valence electrons. The Bertz CT molecular complexity index is 372. The highest BCUT2D eigenvalue weighted by molar-refractivity contribution is 4.96. The zero-order valence-electron chi connectivity index (χ0n) is 9.67. The SMILES string of the molecule is NC(Cc1nc(C2COCCO2)no1)C1CC1. The summed E-state index contributed by atoms with van der Waals surface area (Å²) in [5.74, 6) is 1.82. The minimum absolute atomic E-state index is 0.145. The number of nitrogens with zero attached hydrogens (tertiary/aromatic N) is 2. The van der Waals surface area contributed by atoms with Crippen molar-refractivity contribution in [2.45, 2.75) is 31.4 Å². The minimum atomic E-state index is -0.196. The maximum Gasteiger partial charge on any atom is 0.228 e. The van der Waals surface area contributed by atoms with Crippen molar-refractivity contribution in [3.63, 3.8) is 0 Å². The summed E-state index contributed by atoms with van der Waals surface area (Å²) in [4.78, 5) is 4.32. The molecule has 1 aliphatic heterocycles. The highest BCUT2D eigenvalue weighted by Crippen LogP contribution is 2.32. The fourth-order valence-electron chi connectivity index (χ4n) is 2.01. The molecule has 3 rings (SSSR count). The van der Waals surface area contributed by atoms with Gasteiger partial charge in [0.2, 0.25) is 11.7 Å². The first-order chi connectivity index (χ1) is 8.33. The van der Waals surface area contributed by atoms with Crippen molar-refractivity contribution >= 4 is 0 Å². The minimum Gasteiger partial charge on any atom is -0.376 e. The van der Waals surface area contributed by atoms with Crippen LogP contribution in [0.15, 0.2) is 4.52 Å². The molecule has 0 amide bonds. The van der Waals surface area contributed by atoms with Crippen LogP contribution in [0.1, 0.15) is 30.7 Å². The number of hydrogen-bond acceptors (Lipinski definition) is 6. The molecular weight excluding hydrogens is 222 g/mol. The van der Waals surface area contributed by atoms with E-state index in [1.807, 2.05) is 0 Å². The highest BCUT2D eigenvalue weighted by Gasteiger charge is 2.30. The van der Waals surface area contributed by atoms with E-state index in [-0.39, 0.29) is 12.1 Å². The summed E-state index contributed by atoms with van der Waals surface area (Å²) in [7, 11) is 0. The molecule has 2 aliphatic rings. The Balaban J connectivity index is 1.60. The van der Waals surface area contributed by atoms with E-state index in [4.69, 9.17) is 19.7 Å². The standard InChI is InChI=1S/C11H17N3O3/c12-8(7-1-2-7)5-10-13-11(14-17-10)9-6-15-3-4-16-9/h7-9H,1-6,12H2. The Morgan fingerprint density at radius 2 is 2.24 bits per heavy atom. The van der Waals surface area contributed by atoms with Gasteiger partial charge >= 0.3 is 0 Å². The first-order valence-electron chi connectivity index (χ1n) is 6.10. The maximum absolute atomic E-state index is 6.02. The van der Waals surface area contributed by atoms with E-state index in [0.717, 1.165) is 0 Å². The van der Waals surface area contributed by atoms with Crippen LogP contribution < -0.4 is 5.73 Å². The molecule has 6 nitrogen and oxygen atoms in total. The number of aromatic nitrogens is 2. The van der Waals surface area contributed by atoms with Crippen LogP contribution in [0.3, 0.4) is 0 Å². The molecule has 1 aromatic rings. The largest absolute Gasteiger partial charge is 0.376 e. The molecule has 0 aromatic carbocycles. The highest BCUT2D eigenvalue weighted by atomic mass is 16.6. The van der Waals surface area contributed by atoms with Gasteiger partial charge < -0.3 is 19.7 Å². The second-order valence-corrected chi connectivity index (χ2v) is 4.69. The molecular formula is C11H17N3O3. The average molecular weight is 239 g/mol. The Morgan fingerprint density at radius 1 is 1.35 bits per heavy atom. The Morgan fingerprint density at radius 3 is 2.94 bits per heavy atom. The third kappa shape index (κ3) is 2.65. The molecule has 1 saturated carbocycles. The topological polar surface area (TPSA) is 83.4 Å². The summed E-state index contributed by atoms with van der Waals surface area (Å²) in [5, 5.41) is 3.93. The van der Waals surface area contributed by atoms with Gasteiger partial charge in [0.25, 0.3) is 0 Å². The lowest BCUT2D eigenvalue weighted by Gasteiger charge is -2.19. The fourth-order valence-corrected chi connectivity index (χ4v) is 2.01. The summed E-state index contributed by atoms with van der Waals surface area (Å²) in [5.41, 5.74) is 6.02. The normalized spacial score (nSPS) is 27.0. The third-order valence-corrected chi connectivity index (χ3v) is 3.23. The zero-order chi connectivity index (χ0) is 11.7. The smallest absolute Gasteiger partial charge is 0.228 e. The summed E-state index contributed by atoms with van der Waals surface area (Å²) in [6, 6.07) is 0.145. The van der Waals surface area contributed by atoms with E-state index in [2.05, 4.69) is 10.1 Å². The van der Waals surface area contributed by atoms with Gasteiger partial charge in [-0.1, -0.05) is 5.16 Å². The van der Waals surface area contributed by atoms with Gasteiger partial charge in [0.05, 0.1) is 19.8 Å². The Labute approximate surface area is 99.5 Å². The van der Waals surface area contributed by atoms with Gasteiger partial charge in [0, 0.05) is 12.5 Å². The van der Waals surface area contributed by atoms with Crippen LogP contribution in [-0.2, 0) is 15.9 Å². The molecule has 2 heterocycles. The molecule has 1 saturated heterocycles. The maximum atomic E-state index is 6.02. The number of ether oxygens (including phenoxy) is 2. The van der Waals surface area contributed by atoms with E-state index in [1.54, 1.807) is 0 Å². The van der Waals surface area contributed by atoms with E-state index in [1.165, 1.54) is 12.8 Å². The van der Waals surface area contributed by atoms with Crippen LogP contribution in [0.4, 0.5) is 0 Å². The second-order valence-electron chi connectivity index (χ2n) is 4.69. The van der Waals surface area contributed by atoms with Crippen molar-refractivity contribution < 1.29 is 14.0 Å². The molecule has 17 heavy (non-hydrogen) atoms. The van der Waals surface area contributed by atoms with Crippen molar-refractivity contribution in [3.05, 3.63) is 11.7 Å². The van der Waals surface area contributed by atoms with E-state index < -0.39 is 0 Å². The first kappa shape index (κ1) is 11.1.